The van der Waals surface area contributed by atoms with Crippen molar-refractivity contribution in [3.8, 4) is 12.3 Å². The Labute approximate surface area is 92.8 Å². The van der Waals surface area contributed by atoms with Crippen molar-refractivity contribution in [1.82, 2.24) is 5.32 Å². The highest BCUT2D eigenvalue weighted by Gasteiger charge is 2.19. The van der Waals surface area contributed by atoms with E-state index in [9.17, 15) is 4.79 Å². The number of carbonyl (C=O) groups excluding carboxylic acids is 1. The van der Waals surface area contributed by atoms with Gasteiger partial charge in [-0.1, -0.05) is 26.7 Å². The SMILES string of the molecule is C#CC(CC)NC(=O)C(CN)CC(C)C. The smallest absolute Gasteiger partial charge is 0.225 e. The molecular formula is C12H22N2O. The van der Waals surface area contributed by atoms with Crippen LogP contribution in [0.15, 0.2) is 0 Å². The van der Waals surface area contributed by atoms with Gasteiger partial charge in [-0.25, -0.2) is 0 Å². The number of terminal acetylenes is 1. The van der Waals surface area contributed by atoms with Crippen LogP contribution in [0.5, 0.6) is 0 Å². The standard InChI is InChI=1S/C12H22N2O/c1-5-11(6-2)14-12(15)10(8-13)7-9(3)4/h1,9-11H,6-8,13H2,2-4H3,(H,14,15). The molecule has 0 spiro atoms. The van der Waals surface area contributed by atoms with E-state index in [1.165, 1.54) is 0 Å². The lowest BCUT2D eigenvalue weighted by molar-refractivity contribution is -0.125. The van der Waals surface area contributed by atoms with Crippen LogP contribution in [0.1, 0.15) is 33.6 Å². The van der Waals surface area contributed by atoms with Crippen LogP contribution in [0.25, 0.3) is 0 Å². The zero-order valence-corrected chi connectivity index (χ0v) is 9.92. The van der Waals surface area contributed by atoms with E-state index >= 15 is 0 Å². The molecule has 0 bridgehead atoms. The Morgan fingerprint density at radius 1 is 1.53 bits per heavy atom. The first kappa shape index (κ1) is 14.0. The van der Waals surface area contributed by atoms with Gasteiger partial charge in [0, 0.05) is 6.54 Å². The molecule has 0 aliphatic heterocycles. The summed E-state index contributed by atoms with van der Waals surface area (Å²) in [6.07, 6.45) is 6.84. The zero-order chi connectivity index (χ0) is 11.8. The lowest BCUT2D eigenvalue weighted by atomic mass is 9.96. The van der Waals surface area contributed by atoms with Crippen molar-refractivity contribution >= 4 is 5.91 Å². The molecule has 2 atom stereocenters. The second-order valence-corrected chi connectivity index (χ2v) is 4.20. The molecule has 15 heavy (non-hydrogen) atoms. The maximum atomic E-state index is 11.8. The summed E-state index contributed by atoms with van der Waals surface area (Å²) in [7, 11) is 0. The molecule has 0 saturated heterocycles. The molecule has 86 valence electrons. The number of nitrogens with one attached hydrogen (secondary N) is 1. The predicted octanol–water partition coefficient (Wildman–Crippen LogP) is 1.14. The molecule has 0 radical (unpaired) electrons. The lowest BCUT2D eigenvalue weighted by Gasteiger charge is -2.19. The van der Waals surface area contributed by atoms with E-state index in [1.807, 2.05) is 6.92 Å². The quantitative estimate of drug-likeness (QED) is 0.646. The average Bonchev–Trinajstić information content (AvgIpc) is 2.21. The topological polar surface area (TPSA) is 55.1 Å². The molecule has 0 aliphatic carbocycles. The molecule has 0 fully saturated rings. The number of rotatable bonds is 6. The fourth-order valence-electron chi connectivity index (χ4n) is 1.43. The summed E-state index contributed by atoms with van der Waals surface area (Å²) in [5.74, 6) is 2.87. The van der Waals surface area contributed by atoms with Crippen LogP contribution in [-0.2, 0) is 4.79 Å². The Morgan fingerprint density at radius 2 is 2.13 bits per heavy atom. The summed E-state index contributed by atoms with van der Waals surface area (Å²) in [5.41, 5.74) is 5.57. The minimum absolute atomic E-state index is 0.0176. The van der Waals surface area contributed by atoms with Gasteiger partial charge in [-0.2, -0.15) is 0 Å². The molecule has 0 aromatic rings. The first-order chi connectivity index (χ1) is 7.04. The highest BCUT2D eigenvalue weighted by Crippen LogP contribution is 2.10. The summed E-state index contributed by atoms with van der Waals surface area (Å²) >= 11 is 0. The van der Waals surface area contributed by atoms with Crippen LogP contribution in [0.3, 0.4) is 0 Å². The third-order valence-electron chi connectivity index (χ3n) is 2.34. The van der Waals surface area contributed by atoms with Crippen molar-refractivity contribution < 1.29 is 4.79 Å². The van der Waals surface area contributed by atoms with Crippen LogP contribution < -0.4 is 11.1 Å². The molecular weight excluding hydrogens is 188 g/mol. The number of carbonyl (C=O) groups is 1. The third kappa shape index (κ3) is 5.44. The Balaban J connectivity index is 4.21. The van der Waals surface area contributed by atoms with Crippen LogP contribution >= 0.6 is 0 Å². The first-order valence-electron chi connectivity index (χ1n) is 5.51. The molecule has 0 aromatic heterocycles. The van der Waals surface area contributed by atoms with E-state index in [1.54, 1.807) is 0 Å². The summed E-state index contributed by atoms with van der Waals surface area (Å²) in [6.45, 7) is 6.48. The summed E-state index contributed by atoms with van der Waals surface area (Å²) < 4.78 is 0. The van der Waals surface area contributed by atoms with E-state index in [0.717, 1.165) is 12.8 Å². The Kier molecular flexibility index (Phi) is 6.81. The zero-order valence-electron chi connectivity index (χ0n) is 9.92. The number of hydrogen-bond donors (Lipinski definition) is 2. The molecule has 3 nitrogen and oxygen atoms in total. The normalized spacial score (nSPS) is 14.4. The number of nitrogens with two attached hydrogens (primary N) is 1. The molecule has 0 rings (SSSR count). The number of amides is 1. The molecule has 3 heteroatoms. The van der Waals surface area contributed by atoms with Crippen molar-refractivity contribution in [3.05, 3.63) is 0 Å². The van der Waals surface area contributed by atoms with E-state index in [2.05, 4.69) is 25.1 Å². The van der Waals surface area contributed by atoms with Gasteiger partial charge in [0.2, 0.25) is 5.91 Å². The van der Waals surface area contributed by atoms with Gasteiger partial charge in [0.1, 0.15) is 0 Å². The maximum Gasteiger partial charge on any atom is 0.225 e. The van der Waals surface area contributed by atoms with Gasteiger partial charge in [0.15, 0.2) is 0 Å². The molecule has 1 amide bonds. The minimum Gasteiger partial charge on any atom is -0.342 e. The van der Waals surface area contributed by atoms with Gasteiger partial charge < -0.3 is 11.1 Å². The van der Waals surface area contributed by atoms with Gasteiger partial charge in [-0.3, -0.25) is 4.79 Å². The lowest BCUT2D eigenvalue weighted by Crippen LogP contribution is -2.40. The third-order valence-corrected chi connectivity index (χ3v) is 2.34. The summed E-state index contributed by atoms with van der Waals surface area (Å²) in [5, 5.41) is 2.82. The van der Waals surface area contributed by atoms with Crippen LogP contribution in [0, 0.1) is 24.2 Å². The van der Waals surface area contributed by atoms with E-state index in [0.29, 0.717) is 12.5 Å². The van der Waals surface area contributed by atoms with Crippen LogP contribution in [0.2, 0.25) is 0 Å². The van der Waals surface area contributed by atoms with Crippen LogP contribution in [0.4, 0.5) is 0 Å². The second-order valence-electron chi connectivity index (χ2n) is 4.20. The molecule has 0 aliphatic rings. The maximum absolute atomic E-state index is 11.8. The summed E-state index contributed by atoms with van der Waals surface area (Å²) in [4.78, 5) is 11.8. The highest BCUT2D eigenvalue weighted by atomic mass is 16.1. The number of hydrogen-bond acceptors (Lipinski definition) is 2. The van der Waals surface area contributed by atoms with Gasteiger partial charge in [-0.05, 0) is 18.8 Å². The van der Waals surface area contributed by atoms with Gasteiger partial charge in [0.25, 0.3) is 0 Å². The molecule has 3 N–H and O–H groups in total. The van der Waals surface area contributed by atoms with Gasteiger partial charge >= 0.3 is 0 Å². The Bertz CT molecular complexity index is 230. The van der Waals surface area contributed by atoms with Crippen LogP contribution in [-0.4, -0.2) is 18.5 Å². The van der Waals surface area contributed by atoms with Crippen molar-refractivity contribution in [2.24, 2.45) is 17.6 Å². The summed E-state index contributed by atoms with van der Waals surface area (Å²) in [6, 6.07) is -0.168. The van der Waals surface area contributed by atoms with E-state index < -0.39 is 0 Å². The fraction of sp³-hybridized carbons (Fsp3) is 0.750. The second kappa shape index (κ2) is 7.30. The van der Waals surface area contributed by atoms with Crippen molar-refractivity contribution in [1.29, 1.82) is 0 Å². The molecule has 0 saturated carbocycles. The van der Waals surface area contributed by atoms with Gasteiger partial charge in [0.05, 0.1) is 12.0 Å². The van der Waals surface area contributed by atoms with Crippen molar-refractivity contribution in [2.75, 3.05) is 6.54 Å². The van der Waals surface area contributed by atoms with Crippen molar-refractivity contribution in [3.63, 3.8) is 0 Å². The average molecular weight is 210 g/mol. The van der Waals surface area contributed by atoms with E-state index in [-0.39, 0.29) is 17.9 Å². The van der Waals surface area contributed by atoms with Crippen molar-refractivity contribution in [2.45, 2.75) is 39.7 Å². The highest BCUT2D eigenvalue weighted by molar-refractivity contribution is 5.79. The molecule has 2 unspecified atom stereocenters. The Morgan fingerprint density at radius 3 is 2.47 bits per heavy atom. The molecule has 0 aromatic carbocycles. The largest absolute Gasteiger partial charge is 0.342 e. The first-order valence-corrected chi connectivity index (χ1v) is 5.51. The fourth-order valence-corrected chi connectivity index (χ4v) is 1.43. The predicted molar refractivity (Wildman–Crippen MR) is 63.1 cm³/mol. The molecule has 0 heterocycles. The van der Waals surface area contributed by atoms with Gasteiger partial charge in [-0.15, -0.1) is 6.42 Å². The monoisotopic (exact) mass is 210 g/mol. The Hall–Kier alpha value is -1.01. The minimum atomic E-state index is -0.168. The van der Waals surface area contributed by atoms with E-state index in [4.69, 9.17) is 12.2 Å².